The average molecular weight is 266 g/mol. The van der Waals surface area contributed by atoms with Crippen LogP contribution in [0.15, 0.2) is 0 Å². The Bertz CT molecular complexity index is 308. The van der Waals surface area contributed by atoms with Crippen molar-refractivity contribution in [1.29, 1.82) is 5.26 Å². The van der Waals surface area contributed by atoms with Crippen molar-refractivity contribution in [2.45, 2.75) is 63.2 Å². The van der Waals surface area contributed by atoms with Crippen molar-refractivity contribution in [3.8, 4) is 6.07 Å². The van der Waals surface area contributed by atoms with Gasteiger partial charge in [-0.05, 0) is 44.1 Å². The highest BCUT2D eigenvalue weighted by Gasteiger charge is 2.45. The van der Waals surface area contributed by atoms with Crippen LogP contribution < -0.4 is 5.32 Å². The first-order valence-corrected chi connectivity index (χ1v) is 8.53. The Morgan fingerprint density at radius 2 is 2.11 bits per heavy atom. The fourth-order valence-electron chi connectivity index (χ4n) is 3.15. The molecule has 3 heteroatoms. The van der Waals surface area contributed by atoms with Crippen LogP contribution in [0.25, 0.3) is 0 Å². The minimum absolute atomic E-state index is 0.236. The molecule has 2 aliphatic rings. The van der Waals surface area contributed by atoms with E-state index in [1.807, 2.05) is 0 Å². The van der Waals surface area contributed by atoms with Gasteiger partial charge in [-0.25, -0.2) is 0 Å². The molecule has 18 heavy (non-hydrogen) atoms. The SMILES string of the molecule is CCNC(C#N)(CSC1CCCC(C)C1)C1CC1. The Hall–Kier alpha value is -0.200. The van der Waals surface area contributed by atoms with Crippen molar-refractivity contribution in [1.82, 2.24) is 5.32 Å². The van der Waals surface area contributed by atoms with Gasteiger partial charge in [0, 0.05) is 11.0 Å². The van der Waals surface area contributed by atoms with Crippen LogP contribution in [0.5, 0.6) is 0 Å². The minimum Gasteiger partial charge on any atom is -0.299 e. The summed E-state index contributed by atoms with van der Waals surface area (Å²) in [5, 5.41) is 13.8. The molecule has 0 bridgehead atoms. The van der Waals surface area contributed by atoms with Crippen LogP contribution in [-0.2, 0) is 0 Å². The van der Waals surface area contributed by atoms with Crippen LogP contribution >= 0.6 is 11.8 Å². The zero-order valence-corrected chi connectivity index (χ0v) is 12.6. The lowest BCUT2D eigenvalue weighted by Crippen LogP contribution is -2.48. The van der Waals surface area contributed by atoms with Gasteiger partial charge < -0.3 is 0 Å². The molecule has 0 aliphatic heterocycles. The molecular formula is C15H26N2S. The first-order valence-electron chi connectivity index (χ1n) is 7.48. The minimum atomic E-state index is -0.236. The van der Waals surface area contributed by atoms with Gasteiger partial charge in [0.15, 0.2) is 0 Å². The van der Waals surface area contributed by atoms with Gasteiger partial charge in [-0.15, -0.1) is 0 Å². The molecule has 102 valence electrons. The van der Waals surface area contributed by atoms with E-state index >= 15 is 0 Å². The Labute approximate surface area is 116 Å². The maximum atomic E-state index is 9.57. The number of thioether (sulfide) groups is 1. The molecule has 0 aromatic heterocycles. The fraction of sp³-hybridized carbons (Fsp3) is 0.933. The molecule has 2 fully saturated rings. The topological polar surface area (TPSA) is 35.8 Å². The monoisotopic (exact) mass is 266 g/mol. The molecule has 0 aromatic carbocycles. The van der Waals surface area contributed by atoms with Gasteiger partial charge >= 0.3 is 0 Å². The van der Waals surface area contributed by atoms with Gasteiger partial charge in [-0.3, -0.25) is 5.32 Å². The van der Waals surface area contributed by atoms with Crippen molar-refractivity contribution < 1.29 is 0 Å². The Morgan fingerprint density at radius 1 is 1.33 bits per heavy atom. The molecule has 0 amide bonds. The summed E-state index contributed by atoms with van der Waals surface area (Å²) in [6, 6.07) is 2.60. The van der Waals surface area contributed by atoms with E-state index in [0.29, 0.717) is 5.92 Å². The van der Waals surface area contributed by atoms with Gasteiger partial charge in [0.1, 0.15) is 5.54 Å². The van der Waals surface area contributed by atoms with Crippen LogP contribution in [0.3, 0.4) is 0 Å². The standard InChI is InChI=1S/C15H26N2S/c1-3-17-15(10-16,13-7-8-13)11-18-14-6-4-5-12(2)9-14/h12-14,17H,3-9,11H2,1-2H3. The molecule has 2 saturated carbocycles. The van der Waals surface area contributed by atoms with Crippen molar-refractivity contribution in [2.24, 2.45) is 11.8 Å². The van der Waals surface area contributed by atoms with E-state index in [1.54, 1.807) is 0 Å². The summed E-state index contributed by atoms with van der Waals surface area (Å²) in [5.74, 6) is 2.48. The lowest BCUT2D eigenvalue weighted by Gasteiger charge is -2.32. The molecule has 0 heterocycles. The van der Waals surface area contributed by atoms with E-state index < -0.39 is 0 Å². The van der Waals surface area contributed by atoms with Crippen molar-refractivity contribution in [3.63, 3.8) is 0 Å². The second kappa shape index (κ2) is 6.30. The smallest absolute Gasteiger partial charge is 0.118 e. The number of nitriles is 1. The molecule has 2 rings (SSSR count). The van der Waals surface area contributed by atoms with Crippen molar-refractivity contribution in [2.75, 3.05) is 12.3 Å². The Balaban J connectivity index is 1.87. The normalized spacial score (nSPS) is 31.6. The van der Waals surface area contributed by atoms with Crippen LogP contribution in [0.4, 0.5) is 0 Å². The van der Waals surface area contributed by atoms with Crippen molar-refractivity contribution >= 4 is 11.8 Å². The van der Waals surface area contributed by atoms with E-state index in [2.05, 4.69) is 37.0 Å². The highest BCUT2D eigenvalue weighted by atomic mass is 32.2. The van der Waals surface area contributed by atoms with E-state index in [4.69, 9.17) is 0 Å². The zero-order chi connectivity index (χ0) is 13.0. The summed E-state index contributed by atoms with van der Waals surface area (Å²) in [4.78, 5) is 0. The van der Waals surface area contributed by atoms with Gasteiger partial charge in [-0.2, -0.15) is 17.0 Å². The largest absolute Gasteiger partial charge is 0.299 e. The van der Waals surface area contributed by atoms with Gasteiger partial charge in [0.05, 0.1) is 6.07 Å². The first-order chi connectivity index (χ1) is 8.70. The maximum absolute atomic E-state index is 9.57. The van der Waals surface area contributed by atoms with Gasteiger partial charge in [0.2, 0.25) is 0 Å². The van der Waals surface area contributed by atoms with E-state index in [0.717, 1.165) is 23.5 Å². The lowest BCUT2D eigenvalue weighted by molar-refractivity contribution is 0.389. The Morgan fingerprint density at radius 3 is 2.67 bits per heavy atom. The number of hydrogen-bond acceptors (Lipinski definition) is 3. The third-order valence-corrected chi connectivity index (χ3v) is 5.92. The van der Waals surface area contributed by atoms with E-state index in [9.17, 15) is 5.26 Å². The summed E-state index contributed by atoms with van der Waals surface area (Å²) >= 11 is 2.06. The first kappa shape index (κ1) is 14.2. The number of hydrogen-bond donors (Lipinski definition) is 1. The quantitative estimate of drug-likeness (QED) is 0.798. The third kappa shape index (κ3) is 3.42. The summed E-state index contributed by atoms with van der Waals surface area (Å²) in [7, 11) is 0. The number of rotatable bonds is 6. The third-order valence-electron chi connectivity index (χ3n) is 4.40. The average Bonchev–Trinajstić information content (AvgIpc) is 3.19. The van der Waals surface area contributed by atoms with Crippen molar-refractivity contribution in [3.05, 3.63) is 0 Å². The second-order valence-corrected chi connectivity index (χ2v) is 7.38. The molecular weight excluding hydrogens is 240 g/mol. The van der Waals surface area contributed by atoms with Crippen LogP contribution in [0, 0.1) is 23.2 Å². The molecule has 3 unspecified atom stereocenters. The van der Waals surface area contributed by atoms with E-state index in [-0.39, 0.29) is 5.54 Å². The summed E-state index contributed by atoms with van der Waals surface area (Å²) in [6.45, 7) is 5.39. The lowest BCUT2D eigenvalue weighted by atomic mass is 9.90. The maximum Gasteiger partial charge on any atom is 0.118 e. The van der Waals surface area contributed by atoms with Gasteiger partial charge in [-0.1, -0.05) is 26.7 Å². The summed E-state index contributed by atoms with van der Waals surface area (Å²) < 4.78 is 0. The highest BCUT2D eigenvalue weighted by molar-refractivity contribution is 8.00. The summed E-state index contributed by atoms with van der Waals surface area (Å²) in [5.41, 5.74) is -0.236. The molecule has 2 aliphatic carbocycles. The zero-order valence-electron chi connectivity index (χ0n) is 11.7. The molecule has 2 nitrogen and oxygen atoms in total. The van der Waals surface area contributed by atoms with Crippen LogP contribution in [0.2, 0.25) is 0 Å². The van der Waals surface area contributed by atoms with Crippen LogP contribution in [0.1, 0.15) is 52.4 Å². The molecule has 0 spiro atoms. The summed E-state index contributed by atoms with van der Waals surface area (Å²) in [6.07, 6.45) is 7.96. The second-order valence-electron chi connectivity index (χ2n) is 6.09. The molecule has 0 aromatic rings. The molecule has 1 N–H and O–H groups in total. The Kier molecular flexibility index (Phi) is 4.98. The predicted molar refractivity (Wildman–Crippen MR) is 78.6 cm³/mol. The molecule has 0 radical (unpaired) electrons. The number of nitrogens with one attached hydrogen (secondary N) is 1. The fourth-order valence-corrected chi connectivity index (χ4v) is 4.85. The predicted octanol–water partition coefficient (Wildman–Crippen LogP) is 3.58. The number of nitrogens with zero attached hydrogens (tertiary/aromatic N) is 1. The van der Waals surface area contributed by atoms with E-state index in [1.165, 1.54) is 38.5 Å². The van der Waals surface area contributed by atoms with Crippen LogP contribution in [-0.4, -0.2) is 23.1 Å². The highest BCUT2D eigenvalue weighted by Crippen LogP contribution is 2.43. The molecule has 3 atom stereocenters. The van der Waals surface area contributed by atoms with Gasteiger partial charge in [0.25, 0.3) is 0 Å². The molecule has 0 saturated heterocycles.